The molecule has 1 N–H and O–H groups in total. The molecule has 0 aliphatic carbocycles. The zero-order chi connectivity index (χ0) is 16.1. The van der Waals surface area contributed by atoms with Crippen molar-refractivity contribution in [1.29, 1.82) is 0 Å². The molecule has 124 valence electrons. The minimum absolute atomic E-state index is 0.213. The van der Waals surface area contributed by atoms with Crippen LogP contribution in [0.4, 0.5) is 0 Å². The number of aliphatic hydroxyl groups is 1. The lowest BCUT2D eigenvalue weighted by molar-refractivity contribution is 0.0520. The number of aliphatic hydroxyl groups excluding tert-OH is 1. The fourth-order valence-corrected chi connectivity index (χ4v) is 2.88. The third-order valence-corrected chi connectivity index (χ3v) is 4.13. The van der Waals surface area contributed by atoms with Crippen LogP contribution < -0.4 is 4.74 Å². The summed E-state index contributed by atoms with van der Waals surface area (Å²) in [6, 6.07) is 5.81. The number of hydrogen-bond acceptors (Lipinski definition) is 5. The van der Waals surface area contributed by atoms with Gasteiger partial charge in [0.15, 0.2) is 0 Å². The highest BCUT2D eigenvalue weighted by atomic mass is 16.5. The van der Waals surface area contributed by atoms with E-state index in [1.807, 2.05) is 37.5 Å². The van der Waals surface area contributed by atoms with Gasteiger partial charge in [-0.2, -0.15) is 5.10 Å². The van der Waals surface area contributed by atoms with Crippen molar-refractivity contribution >= 4 is 0 Å². The van der Waals surface area contributed by atoms with Crippen LogP contribution >= 0.6 is 0 Å². The summed E-state index contributed by atoms with van der Waals surface area (Å²) in [5.41, 5.74) is 1.14. The van der Waals surface area contributed by atoms with E-state index in [2.05, 4.69) is 15.0 Å². The molecule has 1 aliphatic heterocycles. The van der Waals surface area contributed by atoms with Crippen molar-refractivity contribution in [3.8, 4) is 5.88 Å². The number of pyridine rings is 1. The van der Waals surface area contributed by atoms with Crippen LogP contribution in [0.15, 0.2) is 36.8 Å². The van der Waals surface area contributed by atoms with Crippen molar-refractivity contribution in [1.82, 2.24) is 19.7 Å². The number of aryl methyl sites for hydroxylation is 1. The Labute approximate surface area is 136 Å². The number of rotatable bonds is 6. The van der Waals surface area contributed by atoms with E-state index in [1.54, 1.807) is 10.9 Å². The molecule has 1 saturated heterocycles. The lowest BCUT2D eigenvalue weighted by Crippen LogP contribution is -2.42. The van der Waals surface area contributed by atoms with Gasteiger partial charge in [-0.05, 0) is 31.4 Å². The summed E-state index contributed by atoms with van der Waals surface area (Å²) < 4.78 is 7.70. The molecule has 1 fully saturated rings. The molecule has 6 heteroatoms. The molecule has 0 saturated carbocycles. The van der Waals surface area contributed by atoms with Gasteiger partial charge < -0.3 is 14.7 Å². The Morgan fingerprint density at radius 2 is 2.13 bits per heavy atom. The average molecular weight is 316 g/mol. The van der Waals surface area contributed by atoms with Crippen molar-refractivity contribution in [3.05, 3.63) is 42.4 Å². The first-order valence-corrected chi connectivity index (χ1v) is 8.16. The van der Waals surface area contributed by atoms with Gasteiger partial charge in [0, 0.05) is 44.3 Å². The summed E-state index contributed by atoms with van der Waals surface area (Å²) in [6.45, 7) is 5.11. The third-order valence-electron chi connectivity index (χ3n) is 4.13. The molecule has 6 nitrogen and oxygen atoms in total. The van der Waals surface area contributed by atoms with Gasteiger partial charge >= 0.3 is 0 Å². The van der Waals surface area contributed by atoms with Crippen LogP contribution in [-0.4, -0.2) is 56.6 Å². The van der Waals surface area contributed by atoms with Crippen molar-refractivity contribution in [2.45, 2.75) is 38.5 Å². The molecule has 0 aromatic carbocycles. The van der Waals surface area contributed by atoms with E-state index < -0.39 is 6.10 Å². The summed E-state index contributed by atoms with van der Waals surface area (Å²) in [5.74, 6) is 0.702. The Balaban J connectivity index is 1.40. The van der Waals surface area contributed by atoms with Gasteiger partial charge in [-0.15, -0.1) is 0 Å². The van der Waals surface area contributed by atoms with Crippen LogP contribution in [0.25, 0.3) is 0 Å². The molecular formula is C17H24N4O2. The van der Waals surface area contributed by atoms with Gasteiger partial charge in [0.1, 0.15) is 6.10 Å². The number of β-amino-alcohol motifs (C(OH)–C–C–N with tert-alkyl or cyclic N) is 1. The first-order valence-electron chi connectivity index (χ1n) is 8.16. The van der Waals surface area contributed by atoms with Crippen LogP contribution in [-0.2, 0) is 6.54 Å². The molecule has 2 aromatic heterocycles. The highest BCUT2D eigenvalue weighted by Crippen LogP contribution is 2.17. The van der Waals surface area contributed by atoms with Crippen molar-refractivity contribution < 1.29 is 9.84 Å². The van der Waals surface area contributed by atoms with Crippen LogP contribution in [0.3, 0.4) is 0 Å². The lowest BCUT2D eigenvalue weighted by atomic mass is 10.1. The summed E-state index contributed by atoms with van der Waals surface area (Å²) in [5, 5.41) is 14.3. The second kappa shape index (κ2) is 7.57. The topological polar surface area (TPSA) is 63.4 Å². The molecule has 0 bridgehead atoms. The van der Waals surface area contributed by atoms with E-state index >= 15 is 0 Å². The number of aromatic nitrogens is 3. The number of ether oxygens (including phenoxy) is 1. The molecule has 23 heavy (non-hydrogen) atoms. The van der Waals surface area contributed by atoms with E-state index in [-0.39, 0.29) is 6.10 Å². The molecule has 0 amide bonds. The second-order valence-electron chi connectivity index (χ2n) is 6.17. The second-order valence-corrected chi connectivity index (χ2v) is 6.17. The minimum Gasteiger partial charge on any atom is -0.474 e. The largest absolute Gasteiger partial charge is 0.474 e. The molecule has 1 unspecified atom stereocenters. The molecule has 0 radical (unpaired) electrons. The van der Waals surface area contributed by atoms with Gasteiger partial charge in [0.05, 0.1) is 12.6 Å². The average Bonchev–Trinajstić information content (AvgIpc) is 3.04. The van der Waals surface area contributed by atoms with E-state index in [1.165, 1.54) is 0 Å². The van der Waals surface area contributed by atoms with Gasteiger partial charge in [-0.1, -0.05) is 6.07 Å². The monoisotopic (exact) mass is 316 g/mol. The molecule has 3 rings (SSSR count). The number of likely N-dealkylation sites (tertiary alicyclic amines) is 1. The van der Waals surface area contributed by atoms with Gasteiger partial charge in [0.25, 0.3) is 0 Å². The van der Waals surface area contributed by atoms with Crippen molar-refractivity contribution in [2.75, 3.05) is 19.6 Å². The molecule has 1 aliphatic rings. The summed E-state index contributed by atoms with van der Waals surface area (Å²) in [4.78, 5) is 6.58. The van der Waals surface area contributed by atoms with E-state index in [0.717, 1.165) is 31.5 Å². The first-order chi connectivity index (χ1) is 11.2. The van der Waals surface area contributed by atoms with Crippen molar-refractivity contribution in [2.24, 2.45) is 0 Å². The van der Waals surface area contributed by atoms with Crippen LogP contribution in [0, 0.1) is 6.92 Å². The SMILES string of the molecule is Cc1ccc(OC2CCN(CC(O)Cn3cccn3)CC2)nc1. The quantitative estimate of drug-likeness (QED) is 0.875. The number of nitrogens with zero attached hydrogens (tertiary/aromatic N) is 4. The maximum atomic E-state index is 10.2. The predicted molar refractivity (Wildman–Crippen MR) is 87.3 cm³/mol. The van der Waals surface area contributed by atoms with Crippen LogP contribution in [0.1, 0.15) is 18.4 Å². The Kier molecular flexibility index (Phi) is 5.25. The van der Waals surface area contributed by atoms with Crippen molar-refractivity contribution in [3.63, 3.8) is 0 Å². The van der Waals surface area contributed by atoms with Gasteiger partial charge in [-0.3, -0.25) is 4.68 Å². The van der Waals surface area contributed by atoms with Gasteiger partial charge in [0.2, 0.25) is 5.88 Å². The highest BCUT2D eigenvalue weighted by Gasteiger charge is 2.22. The minimum atomic E-state index is -0.397. The van der Waals surface area contributed by atoms with Gasteiger partial charge in [-0.25, -0.2) is 4.98 Å². The van der Waals surface area contributed by atoms with E-state index in [0.29, 0.717) is 19.0 Å². The Hall–Kier alpha value is -1.92. The van der Waals surface area contributed by atoms with E-state index in [4.69, 9.17) is 4.74 Å². The first kappa shape index (κ1) is 16.0. The molecular weight excluding hydrogens is 292 g/mol. The number of piperidine rings is 1. The fraction of sp³-hybridized carbons (Fsp3) is 0.529. The third kappa shape index (κ3) is 4.77. The summed E-state index contributed by atoms with van der Waals surface area (Å²) in [7, 11) is 0. The van der Waals surface area contributed by atoms with E-state index in [9.17, 15) is 5.11 Å². The normalized spacial score (nSPS) is 18.0. The fourth-order valence-electron chi connectivity index (χ4n) is 2.88. The zero-order valence-electron chi connectivity index (χ0n) is 13.5. The maximum absolute atomic E-state index is 10.2. The summed E-state index contributed by atoms with van der Waals surface area (Å²) >= 11 is 0. The maximum Gasteiger partial charge on any atom is 0.213 e. The highest BCUT2D eigenvalue weighted by molar-refractivity contribution is 5.16. The standard InChI is InChI=1S/C17H24N4O2/c1-14-3-4-17(18-11-14)23-16-5-9-20(10-6-16)12-15(22)13-21-8-2-7-19-21/h2-4,7-8,11,15-16,22H,5-6,9-10,12-13H2,1H3. The Morgan fingerprint density at radius 3 is 2.78 bits per heavy atom. The zero-order valence-corrected chi connectivity index (χ0v) is 13.5. The number of hydrogen-bond donors (Lipinski definition) is 1. The molecule has 1 atom stereocenters. The lowest BCUT2D eigenvalue weighted by Gasteiger charge is -2.33. The molecule has 0 spiro atoms. The molecule has 3 heterocycles. The summed E-state index contributed by atoms with van der Waals surface area (Å²) in [6.07, 6.45) is 7.17. The Morgan fingerprint density at radius 1 is 1.30 bits per heavy atom. The predicted octanol–water partition coefficient (Wildman–Crippen LogP) is 1.49. The van der Waals surface area contributed by atoms with Crippen LogP contribution in [0.5, 0.6) is 5.88 Å². The van der Waals surface area contributed by atoms with Crippen LogP contribution in [0.2, 0.25) is 0 Å². The smallest absolute Gasteiger partial charge is 0.213 e. The Bertz CT molecular complexity index is 577. The molecule has 2 aromatic rings.